The van der Waals surface area contributed by atoms with E-state index in [0.717, 1.165) is 33.2 Å². The maximum absolute atomic E-state index is 6.00. The van der Waals surface area contributed by atoms with E-state index in [1.54, 1.807) is 11.3 Å². The summed E-state index contributed by atoms with van der Waals surface area (Å²) in [7, 11) is 2.04. The maximum Gasteiger partial charge on any atom is 0.136 e. The average Bonchev–Trinajstić information content (AvgIpc) is 2.91. The maximum atomic E-state index is 6.00. The molecule has 0 amide bonds. The van der Waals surface area contributed by atoms with Gasteiger partial charge in [0.25, 0.3) is 0 Å². The zero-order valence-corrected chi connectivity index (χ0v) is 13.8. The molecule has 0 saturated carbocycles. The van der Waals surface area contributed by atoms with Gasteiger partial charge in [-0.05, 0) is 23.6 Å². The number of hydrogen-bond donors (Lipinski definition) is 0. The van der Waals surface area contributed by atoms with Crippen molar-refractivity contribution in [3.63, 3.8) is 0 Å². The zero-order chi connectivity index (χ0) is 14.8. The predicted molar refractivity (Wildman–Crippen MR) is 92.7 cm³/mol. The van der Waals surface area contributed by atoms with Crippen LogP contribution in [-0.4, -0.2) is 12.0 Å². The Morgan fingerprint density at radius 2 is 2.00 bits per heavy atom. The molecule has 0 spiro atoms. The van der Waals surface area contributed by atoms with Crippen molar-refractivity contribution in [3.8, 4) is 0 Å². The van der Waals surface area contributed by atoms with Gasteiger partial charge in [0, 0.05) is 17.3 Å². The van der Waals surface area contributed by atoms with Gasteiger partial charge >= 0.3 is 0 Å². The molecule has 108 valence electrons. The molecule has 0 aliphatic heterocycles. The van der Waals surface area contributed by atoms with Crippen LogP contribution < -0.4 is 4.90 Å². The Kier molecular flexibility index (Phi) is 4.34. The molecular weight excluding hydrogens is 323 g/mol. The van der Waals surface area contributed by atoms with Gasteiger partial charge in [-0.2, -0.15) is 0 Å². The molecule has 0 N–H and O–H groups in total. The topological polar surface area (TPSA) is 16.1 Å². The highest BCUT2D eigenvalue weighted by atomic mass is 35.5. The highest BCUT2D eigenvalue weighted by Gasteiger charge is 2.11. The number of pyridine rings is 1. The second-order valence-electron chi connectivity index (χ2n) is 4.85. The first kappa shape index (κ1) is 14.6. The van der Waals surface area contributed by atoms with Crippen molar-refractivity contribution < 1.29 is 0 Å². The molecule has 2 nitrogen and oxygen atoms in total. The van der Waals surface area contributed by atoms with Gasteiger partial charge in [0.05, 0.1) is 22.5 Å². The molecule has 1 aromatic carbocycles. The molecule has 0 fully saturated rings. The Labute approximate surface area is 137 Å². The summed E-state index contributed by atoms with van der Waals surface area (Å²) in [5.41, 5.74) is 0.890. The number of anilines is 1. The third-order valence-corrected chi connectivity index (χ3v) is 4.78. The van der Waals surface area contributed by atoms with E-state index in [1.165, 1.54) is 4.88 Å². The molecule has 0 aliphatic rings. The Morgan fingerprint density at radius 3 is 2.71 bits per heavy atom. The van der Waals surface area contributed by atoms with Crippen molar-refractivity contribution in [2.45, 2.75) is 12.4 Å². The third kappa shape index (κ3) is 3.15. The number of benzene rings is 1. The Morgan fingerprint density at radius 1 is 1.19 bits per heavy atom. The number of fused-ring (bicyclic) bond motifs is 1. The van der Waals surface area contributed by atoms with E-state index in [-0.39, 0.29) is 0 Å². The molecule has 2 aromatic heterocycles. The Bertz CT molecular complexity index is 770. The minimum Gasteiger partial charge on any atom is -0.354 e. The van der Waals surface area contributed by atoms with Crippen LogP contribution >= 0.6 is 34.5 Å². The number of halogens is 2. The van der Waals surface area contributed by atoms with Crippen LogP contribution in [0.15, 0.2) is 42.5 Å². The second kappa shape index (κ2) is 6.22. The molecule has 3 aromatic rings. The van der Waals surface area contributed by atoms with Gasteiger partial charge in [-0.15, -0.1) is 22.9 Å². The van der Waals surface area contributed by atoms with Gasteiger partial charge in [0.15, 0.2) is 0 Å². The Hall–Kier alpha value is -1.29. The number of alkyl halides is 1. The van der Waals surface area contributed by atoms with Crippen LogP contribution in [0, 0.1) is 0 Å². The van der Waals surface area contributed by atoms with E-state index >= 15 is 0 Å². The third-order valence-electron chi connectivity index (χ3n) is 3.29. The first-order valence-electron chi connectivity index (χ1n) is 6.57. The van der Waals surface area contributed by atoms with E-state index in [2.05, 4.69) is 28.1 Å². The standard InChI is InChI=1S/C16H14Cl2N2S/c1-20(10-13-6-7-15(18)21-13)16-14-5-3-2-4-11(14)8-12(9-17)19-16/h2-8H,9-10H2,1H3. The quantitative estimate of drug-likeness (QED) is 0.599. The summed E-state index contributed by atoms with van der Waals surface area (Å²) in [4.78, 5) is 8.04. The number of nitrogens with zero attached hydrogens (tertiary/aromatic N) is 2. The summed E-state index contributed by atoms with van der Waals surface area (Å²) in [5, 5.41) is 2.30. The lowest BCUT2D eigenvalue weighted by Crippen LogP contribution is -2.17. The molecule has 0 atom stereocenters. The number of aromatic nitrogens is 1. The predicted octanol–water partition coefficient (Wildman–Crippen LogP) is 5.32. The molecule has 0 aliphatic carbocycles. The van der Waals surface area contributed by atoms with Crippen molar-refractivity contribution in [2.24, 2.45) is 0 Å². The summed E-state index contributed by atoms with van der Waals surface area (Å²) >= 11 is 13.6. The van der Waals surface area contributed by atoms with Crippen molar-refractivity contribution in [1.29, 1.82) is 0 Å². The van der Waals surface area contributed by atoms with Crippen molar-refractivity contribution >= 4 is 51.1 Å². The smallest absolute Gasteiger partial charge is 0.136 e. The van der Waals surface area contributed by atoms with Gasteiger partial charge in [-0.1, -0.05) is 35.9 Å². The van der Waals surface area contributed by atoms with Crippen molar-refractivity contribution in [3.05, 3.63) is 57.4 Å². The zero-order valence-electron chi connectivity index (χ0n) is 11.5. The second-order valence-corrected chi connectivity index (χ2v) is 6.92. The van der Waals surface area contributed by atoms with Crippen LogP contribution in [0.3, 0.4) is 0 Å². The number of rotatable bonds is 4. The van der Waals surface area contributed by atoms with Crippen molar-refractivity contribution in [1.82, 2.24) is 4.98 Å². The van der Waals surface area contributed by atoms with E-state index in [1.807, 2.05) is 31.3 Å². The largest absolute Gasteiger partial charge is 0.354 e. The van der Waals surface area contributed by atoms with Gasteiger partial charge in [-0.3, -0.25) is 0 Å². The normalized spacial score (nSPS) is 11.0. The van der Waals surface area contributed by atoms with Crippen LogP contribution in [-0.2, 0) is 12.4 Å². The molecule has 0 radical (unpaired) electrons. The van der Waals surface area contributed by atoms with Gasteiger partial charge in [0.2, 0.25) is 0 Å². The summed E-state index contributed by atoms with van der Waals surface area (Å²) < 4.78 is 0.811. The van der Waals surface area contributed by atoms with Crippen molar-refractivity contribution in [2.75, 3.05) is 11.9 Å². The van der Waals surface area contributed by atoms with Crippen LogP contribution in [0.2, 0.25) is 4.34 Å². The Balaban J connectivity index is 2.01. The molecular formula is C16H14Cl2N2S. The van der Waals surface area contributed by atoms with Crippen LogP contribution in [0.25, 0.3) is 10.8 Å². The van der Waals surface area contributed by atoms with Crippen LogP contribution in [0.5, 0.6) is 0 Å². The average molecular weight is 337 g/mol. The highest BCUT2D eigenvalue weighted by molar-refractivity contribution is 7.16. The molecule has 3 rings (SSSR count). The molecule has 0 bridgehead atoms. The van der Waals surface area contributed by atoms with Crippen LogP contribution in [0.4, 0.5) is 5.82 Å². The number of thiophene rings is 1. The van der Waals surface area contributed by atoms with Gasteiger partial charge in [-0.25, -0.2) is 4.98 Å². The molecule has 5 heteroatoms. The lowest BCUT2D eigenvalue weighted by molar-refractivity contribution is 0.912. The van der Waals surface area contributed by atoms with E-state index in [9.17, 15) is 0 Å². The fourth-order valence-corrected chi connectivity index (χ4v) is 3.62. The molecule has 2 heterocycles. The fraction of sp³-hybridized carbons (Fsp3) is 0.188. The monoisotopic (exact) mass is 336 g/mol. The first-order valence-corrected chi connectivity index (χ1v) is 8.30. The molecule has 0 saturated heterocycles. The van der Waals surface area contributed by atoms with E-state index < -0.39 is 0 Å². The van der Waals surface area contributed by atoms with Crippen LogP contribution in [0.1, 0.15) is 10.6 Å². The SMILES string of the molecule is CN(Cc1ccc(Cl)s1)c1nc(CCl)cc2ccccc12. The number of hydrogen-bond acceptors (Lipinski definition) is 3. The lowest BCUT2D eigenvalue weighted by Gasteiger charge is -2.20. The first-order chi connectivity index (χ1) is 10.2. The van der Waals surface area contributed by atoms with Gasteiger partial charge < -0.3 is 4.90 Å². The lowest BCUT2D eigenvalue weighted by atomic mass is 10.1. The summed E-state index contributed by atoms with van der Waals surface area (Å²) in [6.45, 7) is 0.778. The van der Waals surface area contributed by atoms with Gasteiger partial charge in [0.1, 0.15) is 5.82 Å². The highest BCUT2D eigenvalue weighted by Crippen LogP contribution is 2.28. The fourth-order valence-electron chi connectivity index (χ4n) is 2.34. The summed E-state index contributed by atoms with van der Waals surface area (Å²) in [6.07, 6.45) is 0. The minimum atomic E-state index is 0.413. The molecule has 21 heavy (non-hydrogen) atoms. The summed E-state index contributed by atoms with van der Waals surface area (Å²) in [5.74, 6) is 1.37. The minimum absolute atomic E-state index is 0.413. The summed E-state index contributed by atoms with van der Waals surface area (Å²) in [6, 6.07) is 14.3. The van der Waals surface area contributed by atoms with E-state index in [0.29, 0.717) is 5.88 Å². The molecule has 0 unspecified atom stereocenters. The van der Waals surface area contributed by atoms with E-state index in [4.69, 9.17) is 23.2 Å².